The Morgan fingerprint density at radius 3 is 2.85 bits per heavy atom. The SMILES string of the molecule is Fc1ccc(Br)c(OCc2ccnc3ccccc23)c1. The number of halogens is 2. The first-order valence-corrected chi connectivity index (χ1v) is 6.94. The Bertz CT molecular complexity index is 755. The number of nitrogens with zero attached hydrogens (tertiary/aromatic N) is 1. The summed E-state index contributed by atoms with van der Waals surface area (Å²) in [6.45, 7) is 0.366. The van der Waals surface area contributed by atoms with E-state index in [0.29, 0.717) is 12.4 Å². The van der Waals surface area contributed by atoms with Crippen molar-refractivity contribution in [2.45, 2.75) is 6.61 Å². The lowest BCUT2D eigenvalue weighted by Gasteiger charge is -2.10. The van der Waals surface area contributed by atoms with Crippen molar-refractivity contribution in [2.75, 3.05) is 0 Å². The van der Waals surface area contributed by atoms with Crippen molar-refractivity contribution in [3.8, 4) is 5.75 Å². The van der Waals surface area contributed by atoms with E-state index >= 15 is 0 Å². The smallest absolute Gasteiger partial charge is 0.136 e. The van der Waals surface area contributed by atoms with Crippen molar-refractivity contribution < 1.29 is 9.13 Å². The third kappa shape index (κ3) is 2.65. The highest BCUT2D eigenvalue weighted by atomic mass is 79.9. The highest BCUT2D eigenvalue weighted by molar-refractivity contribution is 9.10. The molecule has 0 spiro atoms. The zero-order valence-electron chi connectivity index (χ0n) is 10.5. The molecule has 4 heteroatoms. The van der Waals surface area contributed by atoms with Crippen molar-refractivity contribution in [3.05, 3.63) is 70.6 Å². The van der Waals surface area contributed by atoms with Crippen LogP contribution >= 0.6 is 15.9 Å². The molecule has 0 saturated carbocycles. The third-order valence-corrected chi connectivity index (χ3v) is 3.67. The Morgan fingerprint density at radius 2 is 1.95 bits per heavy atom. The average molecular weight is 332 g/mol. The summed E-state index contributed by atoms with van der Waals surface area (Å²) in [5, 5.41) is 1.04. The lowest BCUT2D eigenvalue weighted by atomic mass is 10.1. The van der Waals surface area contributed by atoms with E-state index in [9.17, 15) is 4.39 Å². The fourth-order valence-electron chi connectivity index (χ4n) is 2.02. The minimum Gasteiger partial charge on any atom is -0.488 e. The number of fused-ring (bicyclic) bond motifs is 1. The number of ether oxygens (including phenoxy) is 1. The summed E-state index contributed by atoms with van der Waals surface area (Å²) in [7, 11) is 0. The minimum absolute atomic E-state index is 0.317. The van der Waals surface area contributed by atoms with E-state index in [4.69, 9.17) is 4.74 Å². The van der Waals surface area contributed by atoms with Gasteiger partial charge in [-0.2, -0.15) is 0 Å². The van der Waals surface area contributed by atoms with Gasteiger partial charge in [0.2, 0.25) is 0 Å². The Labute approximate surface area is 124 Å². The molecule has 0 N–H and O–H groups in total. The van der Waals surface area contributed by atoms with Gasteiger partial charge in [0.1, 0.15) is 18.2 Å². The predicted molar refractivity (Wildman–Crippen MR) is 80.2 cm³/mol. The molecule has 0 amide bonds. The van der Waals surface area contributed by atoms with Gasteiger partial charge in [0.05, 0.1) is 9.99 Å². The number of hydrogen-bond acceptors (Lipinski definition) is 2. The zero-order valence-corrected chi connectivity index (χ0v) is 12.1. The van der Waals surface area contributed by atoms with Crippen LogP contribution in [0.2, 0.25) is 0 Å². The van der Waals surface area contributed by atoms with Crippen LogP contribution in [-0.2, 0) is 6.61 Å². The summed E-state index contributed by atoms with van der Waals surface area (Å²) in [6.07, 6.45) is 1.75. The number of rotatable bonds is 3. The van der Waals surface area contributed by atoms with E-state index < -0.39 is 0 Å². The lowest BCUT2D eigenvalue weighted by molar-refractivity contribution is 0.304. The van der Waals surface area contributed by atoms with E-state index in [0.717, 1.165) is 20.9 Å². The van der Waals surface area contributed by atoms with Crippen molar-refractivity contribution >= 4 is 26.8 Å². The Balaban J connectivity index is 1.89. The summed E-state index contributed by atoms with van der Waals surface area (Å²) < 4.78 is 19.6. The average Bonchev–Trinajstić information content (AvgIpc) is 2.48. The van der Waals surface area contributed by atoms with Gasteiger partial charge < -0.3 is 4.74 Å². The number of para-hydroxylation sites is 1. The monoisotopic (exact) mass is 331 g/mol. The second-order valence-corrected chi connectivity index (χ2v) is 5.20. The molecule has 2 aromatic carbocycles. The van der Waals surface area contributed by atoms with Crippen LogP contribution in [0.4, 0.5) is 4.39 Å². The maximum absolute atomic E-state index is 13.2. The van der Waals surface area contributed by atoms with Gasteiger partial charge in [-0.05, 0) is 40.2 Å². The minimum atomic E-state index is -0.317. The zero-order chi connectivity index (χ0) is 13.9. The van der Waals surface area contributed by atoms with Crippen molar-refractivity contribution in [3.63, 3.8) is 0 Å². The van der Waals surface area contributed by atoms with Crippen molar-refractivity contribution in [2.24, 2.45) is 0 Å². The van der Waals surface area contributed by atoms with E-state index in [2.05, 4.69) is 20.9 Å². The fraction of sp³-hybridized carbons (Fsp3) is 0.0625. The van der Waals surface area contributed by atoms with E-state index in [-0.39, 0.29) is 5.82 Å². The molecule has 0 fully saturated rings. The topological polar surface area (TPSA) is 22.1 Å². The van der Waals surface area contributed by atoms with Crippen LogP contribution in [0.3, 0.4) is 0 Å². The van der Waals surface area contributed by atoms with Crippen LogP contribution < -0.4 is 4.74 Å². The standard InChI is InChI=1S/C16H11BrFNO/c17-14-6-5-12(18)9-16(14)20-10-11-7-8-19-15-4-2-1-3-13(11)15/h1-9H,10H2. The first kappa shape index (κ1) is 13.1. The highest BCUT2D eigenvalue weighted by Gasteiger charge is 2.06. The number of benzene rings is 2. The van der Waals surface area contributed by atoms with E-state index in [1.54, 1.807) is 12.3 Å². The molecule has 0 aliphatic heterocycles. The summed E-state index contributed by atoms with van der Waals surface area (Å²) >= 11 is 3.35. The lowest BCUT2D eigenvalue weighted by Crippen LogP contribution is -1.98. The molecule has 20 heavy (non-hydrogen) atoms. The van der Waals surface area contributed by atoms with Gasteiger partial charge in [-0.25, -0.2) is 4.39 Å². The molecule has 2 nitrogen and oxygen atoms in total. The van der Waals surface area contributed by atoms with Crippen LogP contribution in [0.5, 0.6) is 5.75 Å². The van der Waals surface area contributed by atoms with Gasteiger partial charge in [-0.15, -0.1) is 0 Å². The molecule has 1 heterocycles. The Kier molecular flexibility index (Phi) is 3.65. The first-order chi connectivity index (χ1) is 9.74. The van der Waals surface area contributed by atoms with Gasteiger partial charge >= 0.3 is 0 Å². The molecule has 1 aromatic heterocycles. The van der Waals surface area contributed by atoms with Gasteiger partial charge in [0, 0.05) is 23.2 Å². The number of aromatic nitrogens is 1. The van der Waals surface area contributed by atoms with Crippen LogP contribution in [0.1, 0.15) is 5.56 Å². The Morgan fingerprint density at radius 1 is 1.10 bits per heavy atom. The summed E-state index contributed by atoms with van der Waals surface area (Å²) in [6, 6.07) is 14.2. The quantitative estimate of drug-likeness (QED) is 0.693. The normalized spacial score (nSPS) is 10.7. The molecule has 0 atom stereocenters. The summed E-state index contributed by atoms with van der Waals surface area (Å²) in [4.78, 5) is 4.30. The van der Waals surface area contributed by atoms with Gasteiger partial charge in [0.25, 0.3) is 0 Å². The van der Waals surface area contributed by atoms with Crippen LogP contribution in [0.15, 0.2) is 59.2 Å². The van der Waals surface area contributed by atoms with E-state index in [1.165, 1.54) is 12.1 Å². The van der Waals surface area contributed by atoms with Crippen molar-refractivity contribution in [1.82, 2.24) is 4.98 Å². The number of hydrogen-bond donors (Lipinski definition) is 0. The van der Waals surface area contributed by atoms with Gasteiger partial charge in [0.15, 0.2) is 0 Å². The molecular formula is C16H11BrFNO. The molecule has 0 aliphatic carbocycles. The fourth-order valence-corrected chi connectivity index (χ4v) is 2.39. The largest absolute Gasteiger partial charge is 0.488 e. The molecule has 0 bridgehead atoms. The molecular weight excluding hydrogens is 321 g/mol. The Hall–Kier alpha value is -1.94. The molecule has 0 saturated heterocycles. The van der Waals surface area contributed by atoms with Crippen molar-refractivity contribution in [1.29, 1.82) is 0 Å². The molecule has 0 unspecified atom stereocenters. The molecule has 0 radical (unpaired) electrons. The van der Waals surface area contributed by atoms with Gasteiger partial charge in [-0.3, -0.25) is 4.98 Å². The molecule has 0 aliphatic rings. The van der Waals surface area contributed by atoms with E-state index in [1.807, 2.05) is 30.3 Å². The summed E-state index contributed by atoms with van der Waals surface area (Å²) in [5.41, 5.74) is 1.94. The third-order valence-electron chi connectivity index (χ3n) is 3.02. The maximum atomic E-state index is 13.2. The predicted octanol–water partition coefficient (Wildman–Crippen LogP) is 4.72. The second-order valence-electron chi connectivity index (χ2n) is 4.35. The highest BCUT2D eigenvalue weighted by Crippen LogP contribution is 2.27. The number of pyridine rings is 1. The maximum Gasteiger partial charge on any atom is 0.136 e. The van der Waals surface area contributed by atoms with Gasteiger partial charge in [-0.1, -0.05) is 18.2 Å². The summed E-state index contributed by atoms with van der Waals surface area (Å²) in [5.74, 6) is 0.175. The molecule has 3 rings (SSSR count). The second kappa shape index (κ2) is 5.59. The van der Waals surface area contributed by atoms with Crippen LogP contribution in [0, 0.1) is 5.82 Å². The first-order valence-electron chi connectivity index (χ1n) is 6.14. The molecule has 100 valence electrons. The van der Waals surface area contributed by atoms with Crippen LogP contribution in [-0.4, -0.2) is 4.98 Å². The van der Waals surface area contributed by atoms with Crippen LogP contribution in [0.25, 0.3) is 10.9 Å². The molecule has 3 aromatic rings.